The summed E-state index contributed by atoms with van der Waals surface area (Å²) in [6, 6.07) is 14.5. The largest absolute Gasteiger partial charge is 0.480 e. The van der Waals surface area contributed by atoms with Gasteiger partial charge in [-0.2, -0.15) is 23.5 Å². The van der Waals surface area contributed by atoms with Gasteiger partial charge in [-0.25, -0.2) is 4.79 Å². The maximum absolute atomic E-state index is 13.3. The molecule has 0 heterocycles. The van der Waals surface area contributed by atoms with Crippen LogP contribution in [-0.4, -0.2) is 77.0 Å². The van der Waals surface area contributed by atoms with Crippen molar-refractivity contribution in [1.82, 2.24) is 16.0 Å². The van der Waals surface area contributed by atoms with E-state index in [-0.39, 0.29) is 6.42 Å². The highest BCUT2D eigenvalue weighted by molar-refractivity contribution is 7.98. The Morgan fingerprint density at radius 2 is 1.10 bits per heavy atom. The van der Waals surface area contributed by atoms with Crippen molar-refractivity contribution in [3.05, 3.63) is 71.8 Å². The van der Waals surface area contributed by atoms with E-state index in [1.165, 1.54) is 23.5 Å². The SMILES string of the molecule is CSCCC(NC(=O)C(N)Cc1ccccc1)C(=O)NC(CCSC)C(=O)NC(Cc1ccccc1)C(=O)O. The smallest absolute Gasteiger partial charge is 0.326 e. The monoisotopic (exact) mass is 574 g/mol. The molecular weight excluding hydrogens is 536 g/mol. The standard InChI is InChI=1S/C28H38N4O5S2/c1-38-15-13-22(30-25(33)21(29)17-19-9-5-3-6-10-19)26(34)31-23(14-16-39-2)27(35)32-24(28(36)37)18-20-11-7-4-8-12-20/h3-12,21-24H,13-18,29H2,1-2H3,(H,30,33)(H,31,34)(H,32,35)(H,36,37). The molecule has 39 heavy (non-hydrogen) atoms. The lowest BCUT2D eigenvalue weighted by Gasteiger charge is -2.25. The van der Waals surface area contributed by atoms with E-state index in [2.05, 4.69) is 16.0 Å². The molecule has 3 amide bonds. The number of aliphatic carboxylic acids is 1. The van der Waals surface area contributed by atoms with Crippen LogP contribution in [0.25, 0.3) is 0 Å². The fourth-order valence-corrected chi connectivity index (χ4v) is 4.79. The molecule has 0 aliphatic carbocycles. The van der Waals surface area contributed by atoms with E-state index >= 15 is 0 Å². The van der Waals surface area contributed by atoms with Gasteiger partial charge in [-0.3, -0.25) is 14.4 Å². The molecule has 0 saturated carbocycles. The molecule has 2 aromatic rings. The predicted octanol–water partition coefficient (Wildman–Crippen LogP) is 1.84. The Hall–Kier alpha value is -3.02. The molecular formula is C28H38N4O5S2. The number of nitrogens with one attached hydrogen (secondary N) is 3. The molecule has 2 rings (SSSR count). The molecule has 9 nitrogen and oxygen atoms in total. The first-order valence-electron chi connectivity index (χ1n) is 12.7. The van der Waals surface area contributed by atoms with Gasteiger partial charge in [-0.05, 0) is 54.4 Å². The topological polar surface area (TPSA) is 151 Å². The third-order valence-corrected chi connectivity index (χ3v) is 7.31. The van der Waals surface area contributed by atoms with E-state index in [0.29, 0.717) is 30.8 Å². The summed E-state index contributed by atoms with van der Waals surface area (Å²) in [5.74, 6) is -1.55. The Morgan fingerprint density at radius 1 is 0.692 bits per heavy atom. The Labute approximate surface area is 238 Å². The van der Waals surface area contributed by atoms with Gasteiger partial charge in [0, 0.05) is 6.42 Å². The lowest BCUT2D eigenvalue weighted by Crippen LogP contribution is -2.57. The van der Waals surface area contributed by atoms with E-state index in [0.717, 1.165) is 11.1 Å². The lowest BCUT2D eigenvalue weighted by atomic mass is 10.0. The zero-order chi connectivity index (χ0) is 28.6. The van der Waals surface area contributed by atoms with Crippen LogP contribution in [0.15, 0.2) is 60.7 Å². The Morgan fingerprint density at radius 3 is 1.54 bits per heavy atom. The molecule has 11 heteroatoms. The van der Waals surface area contributed by atoms with E-state index in [9.17, 15) is 24.3 Å². The van der Waals surface area contributed by atoms with Gasteiger partial charge in [0.1, 0.15) is 18.1 Å². The van der Waals surface area contributed by atoms with Crippen molar-refractivity contribution in [3.8, 4) is 0 Å². The zero-order valence-corrected chi connectivity index (χ0v) is 23.9. The van der Waals surface area contributed by atoms with Gasteiger partial charge in [0.2, 0.25) is 17.7 Å². The number of nitrogens with two attached hydrogens (primary N) is 1. The Balaban J connectivity index is 2.09. The first kappa shape index (κ1) is 32.2. The second-order valence-electron chi connectivity index (χ2n) is 9.07. The average molecular weight is 575 g/mol. The van der Waals surface area contributed by atoms with E-state index in [4.69, 9.17) is 5.73 Å². The van der Waals surface area contributed by atoms with Gasteiger partial charge in [-0.1, -0.05) is 60.7 Å². The summed E-state index contributed by atoms with van der Waals surface area (Å²) in [5.41, 5.74) is 7.79. The molecule has 0 bridgehead atoms. The van der Waals surface area contributed by atoms with Crippen molar-refractivity contribution in [3.63, 3.8) is 0 Å². The second-order valence-corrected chi connectivity index (χ2v) is 11.0. The number of amides is 3. The maximum Gasteiger partial charge on any atom is 0.326 e. The minimum Gasteiger partial charge on any atom is -0.480 e. The quantitative estimate of drug-likeness (QED) is 0.192. The summed E-state index contributed by atoms with van der Waals surface area (Å²) < 4.78 is 0. The number of benzene rings is 2. The van der Waals surface area contributed by atoms with Crippen LogP contribution in [0.2, 0.25) is 0 Å². The van der Waals surface area contributed by atoms with Gasteiger partial charge >= 0.3 is 5.97 Å². The van der Waals surface area contributed by atoms with E-state index in [1.54, 1.807) is 24.3 Å². The number of rotatable bonds is 17. The van der Waals surface area contributed by atoms with Crippen molar-refractivity contribution >= 4 is 47.2 Å². The molecule has 0 radical (unpaired) electrons. The normalized spacial score (nSPS) is 13.9. The van der Waals surface area contributed by atoms with Crippen LogP contribution in [-0.2, 0) is 32.0 Å². The highest BCUT2D eigenvalue weighted by Crippen LogP contribution is 2.09. The third kappa shape index (κ3) is 11.7. The van der Waals surface area contributed by atoms with Crippen LogP contribution in [0.3, 0.4) is 0 Å². The van der Waals surface area contributed by atoms with Crippen LogP contribution in [0.5, 0.6) is 0 Å². The van der Waals surface area contributed by atoms with Crippen molar-refractivity contribution in [2.45, 2.75) is 49.9 Å². The number of carbonyl (C=O) groups excluding carboxylic acids is 3. The van der Waals surface area contributed by atoms with E-state index < -0.39 is 47.9 Å². The number of hydrogen-bond acceptors (Lipinski definition) is 7. The summed E-state index contributed by atoms with van der Waals surface area (Å²) in [5, 5.41) is 17.8. The first-order chi connectivity index (χ1) is 18.7. The molecule has 6 N–H and O–H groups in total. The fraction of sp³-hybridized carbons (Fsp3) is 0.429. The molecule has 0 fully saturated rings. The summed E-state index contributed by atoms with van der Waals surface area (Å²) in [6.07, 6.45) is 4.84. The molecule has 4 atom stereocenters. The molecule has 4 unspecified atom stereocenters. The maximum atomic E-state index is 13.3. The zero-order valence-electron chi connectivity index (χ0n) is 22.3. The van der Waals surface area contributed by atoms with Crippen LogP contribution in [0.4, 0.5) is 0 Å². The molecule has 0 saturated heterocycles. The number of carboxylic acid groups (broad SMARTS) is 1. The van der Waals surface area contributed by atoms with Crippen LogP contribution < -0.4 is 21.7 Å². The molecule has 0 aliphatic rings. The summed E-state index contributed by atoms with van der Waals surface area (Å²) in [4.78, 5) is 51.1. The van der Waals surface area contributed by atoms with Crippen molar-refractivity contribution < 1.29 is 24.3 Å². The highest BCUT2D eigenvalue weighted by atomic mass is 32.2. The van der Waals surface area contributed by atoms with Crippen LogP contribution >= 0.6 is 23.5 Å². The molecule has 0 aliphatic heterocycles. The predicted molar refractivity (Wildman–Crippen MR) is 158 cm³/mol. The number of hydrogen-bond donors (Lipinski definition) is 5. The molecule has 2 aromatic carbocycles. The first-order valence-corrected chi connectivity index (χ1v) is 15.5. The van der Waals surface area contributed by atoms with Gasteiger partial charge < -0.3 is 26.8 Å². The van der Waals surface area contributed by atoms with Gasteiger partial charge in [0.05, 0.1) is 6.04 Å². The molecule has 0 aromatic heterocycles. The van der Waals surface area contributed by atoms with Crippen LogP contribution in [0, 0.1) is 0 Å². The fourth-order valence-electron chi connectivity index (χ4n) is 3.84. The molecule has 0 spiro atoms. The second kappa shape index (κ2) is 17.5. The summed E-state index contributed by atoms with van der Waals surface area (Å²) >= 11 is 3.03. The van der Waals surface area contributed by atoms with E-state index in [1.807, 2.05) is 48.9 Å². The van der Waals surface area contributed by atoms with Crippen LogP contribution in [0.1, 0.15) is 24.0 Å². The Kier molecular flexibility index (Phi) is 14.5. The third-order valence-electron chi connectivity index (χ3n) is 6.02. The lowest BCUT2D eigenvalue weighted by molar-refractivity contribution is -0.142. The summed E-state index contributed by atoms with van der Waals surface area (Å²) in [6.45, 7) is 0. The number of carbonyl (C=O) groups is 4. The highest BCUT2D eigenvalue weighted by Gasteiger charge is 2.30. The minimum absolute atomic E-state index is 0.108. The van der Waals surface area contributed by atoms with Crippen molar-refractivity contribution in [1.29, 1.82) is 0 Å². The number of thioether (sulfide) groups is 2. The summed E-state index contributed by atoms with van der Waals surface area (Å²) in [7, 11) is 0. The van der Waals surface area contributed by atoms with Gasteiger partial charge in [0.25, 0.3) is 0 Å². The average Bonchev–Trinajstić information content (AvgIpc) is 2.93. The Bertz CT molecular complexity index is 1060. The van der Waals surface area contributed by atoms with Crippen molar-refractivity contribution in [2.75, 3.05) is 24.0 Å². The van der Waals surface area contributed by atoms with Gasteiger partial charge in [-0.15, -0.1) is 0 Å². The molecule has 212 valence electrons. The van der Waals surface area contributed by atoms with Crippen molar-refractivity contribution in [2.24, 2.45) is 5.73 Å². The minimum atomic E-state index is -1.17. The number of carboxylic acids is 1. The van der Waals surface area contributed by atoms with Gasteiger partial charge in [0.15, 0.2) is 0 Å².